The molecule has 4 nitrogen and oxygen atoms in total. The number of carbonyl (C=O) groups is 2. The monoisotopic (exact) mass is 259 g/mol. The number of carbonyl (C=O) groups excluding carboxylic acids is 2. The minimum absolute atomic E-state index is 0.0243. The van der Waals surface area contributed by atoms with Crippen LogP contribution in [0.1, 0.15) is 22.8 Å². The van der Waals surface area contributed by atoms with Gasteiger partial charge in [-0.25, -0.2) is 5.48 Å². The molecule has 0 bridgehead atoms. The maximum Gasteiger partial charge on any atom is 0.267 e. The molecule has 0 aromatic heterocycles. The summed E-state index contributed by atoms with van der Waals surface area (Å²) < 4.78 is 0. The normalized spacial score (nSPS) is 12.8. The van der Waals surface area contributed by atoms with Crippen molar-refractivity contribution in [1.29, 1.82) is 0 Å². The lowest BCUT2D eigenvalue weighted by atomic mass is 9.98. The van der Waals surface area contributed by atoms with Gasteiger partial charge in [0.1, 0.15) is 0 Å². The van der Waals surface area contributed by atoms with Crippen molar-refractivity contribution in [3.8, 4) is 0 Å². The molecule has 1 aromatic carbocycles. The highest BCUT2D eigenvalue weighted by Crippen LogP contribution is 2.11. The predicted molar refractivity (Wildman–Crippen MR) is 72.9 cm³/mol. The molecular weight excluding hydrogens is 242 g/mol. The standard InChI is InChI=1S/C15H17NO3/c1-11-7-9-13(10-8-11)15(18)12(2)5-3-4-6-14(17)16-19/h3-10,12,19H,1-2H3,(H,16,17)/b5-3+,6-4+/t12-/m1/s1. The van der Waals surface area contributed by atoms with Crippen LogP contribution in [0.4, 0.5) is 0 Å². The summed E-state index contributed by atoms with van der Waals surface area (Å²) >= 11 is 0. The molecule has 0 aliphatic heterocycles. The minimum atomic E-state index is -0.609. The first kappa shape index (κ1) is 14.9. The molecule has 0 saturated carbocycles. The van der Waals surface area contributed by atoms with E-state index in [1.807, 2.05) is 19.1 Å². The van der Waals surface area contributed by atoms with Crippen LogP contribution in [0.5, 0.6) is 0 Å². The molecule has 0 saturated heterocycles. The summed E-state index contributed by atoms with van der Waals surface area (Å²) in [6.07, 6.45) is 5.93. The summed E-state index contributed by atoms with van der Waals surface area (Å²) in [5.41, 5.74) is 3.26. The third-order valence-corrected chi connectivity index (χ3v) is 2.62. The highest BCUT2D eigenvalue weighted by molar-refractivity contribution is 5.98. The highest BCUT2D eigenvalue weighted by atomic mass is 16.5. The molecule has 100 valence electrons. The van der Waals surface area contributed by atoms with Crippen molar-refractivity contribution >= 4 is 11.7 Å². The number of ketones is 1. The van der Waals surface area contributed by atoms with Gasteiger partial charge in [0, 0.05) is 17.6 Å². The molecule has 0 fully saturated rings. The Labute approximate surface area is 112 Å². The lowest BCUT2D eigenvalue weighted by molar-refractivity contribution is -0.124. The molecule has 1 atom stereocenters. The number of allylic oxidation sites excluding steroid dienone is 3. The fourth-order valence-electron chi connectivity index (χ4n) is 1.48. The van der Waals surface area contributed by atoms with Gasteiger partial charge < -0.3 is 0 Å². The van der Waals surface area contributed by atoms with E-state index in [1.54, 1.807) is 31.2 Å². The molecule has 19 heavy (non-hydrogen) atoms. The number of Topliss-reactive ketones (excluding diaryl/α,β-unsaturated/α-hetero) is 1. The summed E-state index contributed by atoms with van der Waals surface area (Å²) in [5, 5.41) is 8.27. The van der Waals surface area contributed by atoms with Crippen molar-refractivity contribution in [1.82, 2.24) is 5.48 Å². The number of rotatable bonds is 5. The molecule has 0 aliphatic rings. The molecule has 0 radical (unpaired) electrons. The number of hydrogen-bond donors (Lipinski definition) is 2. The van der Waals surface area contributed by atoms with Gasteiger partial charge in [0.05, 0.1) is 0 Å². The lowest BCUT2D eigenvalue weighted by Crippen LogP contribution is -2.14. The second-order valence-electron chi connectivity index (χ2n) is 4.24. The van der Waals surface area contributed by atoms with Crippen LogP contribution in [0.2, 0.25) is 0 Å². The molecule has 0 aliphatic carbocycles. The Morgan fingerprint density at radius 3 is 2.42 bits per heavy atom. The van der Waals surface area contributed by atoms with Crippen molar-refractivity contribution in [2.45, 2.75) is 13.8 Å². The van der Waals surface area contributed by atoms with E-state index < -0.39 is 5.91 Å². The van der Waals surface area contributed by atoms with Crippen molar-refractivity contribution in [3.05, 3.63) is 59.7 Å². The van der Waals surface area contributed by atoms with Gasteiger partial charge in [-0.05, 0) is 6.92 Å². The quantitative estimate of drug-likeness (QED) is 0.280. The van der Waals surface area contributed by atoms with Gasteiger partial charge in [0.25, 0.3) is 5.91 Å². The number of benzene rings is 1. The number of nitrogens with one attached hydrogen (secondary N) is 1. The Morgan fingerprint density at radius 1 is 1.21 bits per heavy atom. The van der Waals surface area contributed by atoms with Crippen LogP contribution < -0.4 is 5.48 Å². The van der Waals surface area contributed by atoms with Gasteiger partial charge in [0.2, 0.25) is 0 Å². The molecule has 1 rings (SSSR count). The first-order valence-corrected chi connectivity index (χ1v) is 5.94. The van der Waals surface area contributed by atoms with E-state index in [-0.39, 0.29) is 11.7 Å². The summed E-state index contributed by atoms with van der Waals surface area (Å²) in [6, 6.07) is 7.40. The van der Waals surface area contributed by atoms with Crippen molar-refractivity contribution in [3.63, 3.8) is 0 Å². The summed E-state index contributed by atoms with van der Waals surface area (Å²) in [7, 11) is 0. The fraction of sp³-hybridized carbons (Fsp3) is 0.200. The largest absolute Gasteiger partial charge is 0.294 e. The van der Waals surface area contributed by atoms with Gasteiger partial charge in [-0.15, -0.1) is 0 Å². The van der Waals surface area contributed by atoms with E-state index in [9.17, 15) is 9.59 Å². The predicted octanol–water partition coefficient (Wildman–Crippen LogP) is 2.43. The third-order valence-electron chi connectivity index (χ3n) is 2.62. The molecule has 0 unspecified atom stereocenters. The van der Waals surface area contributed by atoms with E-state index in [1.165, 1.54) is 17.6 Å². The van der Waals surface area contributed by atoms with Crippen LogP contribution in [-0.4, -0.2) is 16.9 Å². The molecule has 0 spiro atoms. The zero-order valence-electron chi connectivity index (χ0n) is 11.0. The van der Waals surface area contributed by atoms with Gasteiger partial charge in [-0.3, -0.25) is 14.8 Å². The summed E-state index contributed by atoms with van der Waals surface area (Å²) in [6.45, 7) is 3.76. The van der Waals surface area contributed by atoms with Crippen LogP contribution in [0.3, 0.4) is 0 Å². The lowest BCUT2D eigenvalue weighted by Gasteiger charge is -2.05. The number of aryl methyl sites for hydroxylation is 1. The van der Waals surface area contributed by atoms with Crippen LogP contribution >= 0.6 is 0 Å². The Kier molecular flexibility index (Phi) is 5.70. The van der Waals surface area contributed by atoms with Gasteiger partial charge in [-0.2, -0.15) is 0 Å². The average molecular weight is 259 g/mol. The van der Waals surface area contributed by atoms with Crippen molar-refractivity contribution in [2.75, 3.05) is 0 Å². The third kappa shape index (κ3) is 4.89. The maximum atomic E-state index is 12.0. The van der Waals surface area contributed by atoms with E-state index in [0.717, 1.165) is 5.56 Å². The van der Waals surface area contributed by atoms with Crippen molar-refractivity contribution in [2.24, 2.45) is 5.92 Å². The first-order chi connectivity index (χ1) is 9.04. The molecule has 4 heteroatoms. The van der Waals surface area contributed by atoms with E-state index in [2.05, 4.69) is 0 Å². The van der Waals surface area contributed by atoms with Gasteiger partial charge in [-0.1, -0.05) is 55.0 Å². The van der Waals surface area contributed by atoms with Crippen LogP contribution in [-0.2, 0) is 4.79 Å². The van der Waals surface area contributed by atoms with Crippen LogP contribution in [0.25, 0.3) is 0 Å². The zero-order valence-corrected chi connectivity index (χ0v) is 11.0. The molecule has 2 N–H and O–H groups in total. The van der Waals surface area contributed by atoms with Gasteiger partial charge >= 0.3 is 0 Å². The number of amides is 1. The highest BCUT2D eigenvalue weighted by Gasteiger charge is 2.11. The second kappa shape index (κ2) is 7.28. The zero-order chi connectivity index (χ0) is 14.3. The Hall–Kier alpha value is -2.20. The van der Waals surface area contributed by atoms with Crippen LogP contribution in [0.15, 0.2) is 48.6 Å². The Morgan fingerprint density at radius 2 is 1.84 bits per heavy atom. The Bertz CT molecular complexity index is 501. The maximum absolute atomic E-state index is 12.0. The summed E-state index contributed by atoms with van der Waals surface area (Å²) in [5.74, 6) is -0.858. The van der Waals surface area contributed by atoms with E-state index in [4.69, 9.17) is 5.21 Å². The molecule has 1 aromatic rings. The second-order valence-corrected chi connectivity index (χ2v) is 4.24. The van der Waals surface area contributed by atoms with Crippen molar-refractivity contribution < 1.29 is 14.8 Å². The summed E-state index contributed by atoms with van der Waals surface area (Å²) in [4.78, 5) is 22.7. The van der Waals surface area contributed by atoms with E-state index in [0.29, 0.717) is 5.56 Å². The molecule has 0 heterocycles. The fourth-order valence-corrected chi connectivity index (χ4v) is 1.48. The van der Waals surface area contributed by atoms with E-state index >= 15 is 0 Å². The topological polar surface area (TPSA) is 66.4 Å². The minimum Gasteiger partial charge on any atom is -0.294 e. The molecule has 1 amide bonds. The average Bonchev–Trinajstić information content (AvgIpc) is 2.43. The first-order valence-electron chi connectivity index (χ1n) is 5.94. The Balaban J connectivity index is 2.62. The number of hydrogen-bond acceptors (Lipinski definition) is 3. The van der Waals surface area contributed by atoms with Crippen LogP contribution in [0, 0.1) is 12.8 Å². The molecular formula is C15H17NO3. The smallest absolute Gasteiger partial charge is 0.267 e. The SMILES string of the molecule is Cc1ccc(C(=O)[C@H](C)/C=C/C=C/C(=O)NO)cc1. The van der Waals surface area contributed by atoms with Gasteiger partial charge in [0.15, 0.2) is 5.78 Å². The number of hydroxylamine groups is 1.